The van der Waals surface area contributed by atoms with Crippen LogP contribution in [0.5, 0.6) is 5.75 Å². The lowest BCUT2D eigenvalue weighted by Gasteiger charge is -2.49. The van der Waals surface area contributed by atoms with Crippen molar-refractivity contribution in [1.29, 1.82) is 0 Å². The van der Waals surface area contributed by atoms with E-state index in [1.165, 1.54) is 6.42 Å². The normalized spacial score (nSPS) is 24.4. The predicted molar refractivity (Wildman–Crippen MR) is 74.5 cm³/mol. The molecule has 19 heavy (non-hydrogen) atoms. The SMILES string of the molecule is CNCC1(C2Oc3ccccc3N(C)C2=O)CCC1. The molecular formula is C15H20N2O2. The molecule has 1 aliphatic carbocycles. The van der Waals surface area contributed by atoms with Gasteiger partial charge in [0.05, 0.1) is 5.69 Å². The second-order valence-corrected chi connectivity index (χ2v) is 5.61. The highest BCUT2D eigenvalue weighted by molar-refractivity contribution is 6.00. The molecule has 1 heterocycles. The Kier molecular flexibility index (Phi) is 2.97. The summed E-state index contributed by atoms with van der Waals surface area (Å²) in [6.07, 6.45) is 2.94. The lowest BCUT2D eigenvalue weighted by atomic mass is 9.64. The van der Waals surface area contributed by atoms with Crippen LogP contribution in [0.1, 0.15) is 19.3 Å². The van der Waals surface area contributed by atoms with Gasteiger partial charge in [0.1, 0.15) is 5.75 Å². The second-order valence-electron chi connectivity index (χ2n) is 5.61. The smallest absolute Gasteiger partial charge is 0.268 e. The predicted octanol–water partition coefficient (Wildman–Crippen LogP) is 1.80. The molecule has 1 N–H and O–H groups in total. The van der Waals surface area contributed by atoms with Gasteiger partial charge >= 0.3 is 0 Å². The number of carbonyl (C=O) groups is 1. The van der Waals surface area contributed by atoms with Crippen LogP contribution < -0.4 is 15.0 Å². The summed E-state index contributed by atoms with van der Waals surface area (Å²) < 4.78 is 6.04. The molecule has 1 unspecified atom stereocenters. The third kappa shape index (κ3) is 1.82. The average Bonchev–Trinajstić information content (AvgIpc) is 2.38. The van der Waals surface area contributed by atoms with Gasteiger partial charge in [-0.1, -0.05) is 18.6 Å². The molecule has 4 heteroatoms. The van der Waals surface area contributed by atoms with Crippen LogP contribution >= 0.6 is 0 Å². The summed E-state index contributed by atoms with van der Waals surface area (Å²) in [5.41, 5.74) is 0.829. The van der Waals surface area contributed by atoms with Crippen LogP contribution in [0.3, 0.4) is 0 Å². The van der Waals surface area contributed by atoms with Crippen LogP contribution in [-0.2, 0) is 4.79 Å². The Bertz CT molecular complexity index is 497. The van der Waals surface area contributed by atoms with Gasteiger partial charge in [-0.15, -0.1) is 0 Å². The van der Waals surface area contributed by atoms with Crippen molar-refractivity contribution in [3.63, 3.8) is 0 Å². The van der Waals surface area contributed by atoms with Crippen molar-refractivity contribution in [2.75, 3.05) is 25.5 Å². The highest BCUT2D eigenvalue weighted by atomic mass is 16.5. The van der Waals surface area contributed by atoms with E-state index < -0.39 is 0 Å². The molecule has 1 fully saturated rings. The number of nitrogens with zero attached hydrogens (tertiary/aromatic N) is 1. The number of fused-ring (bicyclic) bond motifs is 1. The van der Waals surface area contributed by atoms with E-state index in [4.69, 9.17) is 4.74 Å². The van der Waals surface area contributed by atoms with Gasteiger partial charge in [0.2, 0.25) is 0 Å². The van der Waals surface area contributed by atoms with Gasteiger partial charge in [0.25, 0.3) is 5.91 Å². The van der Waals surface area contributed by atoms with Crippen molar-refractivity contribution in [3.05, 3.63) is 24.3 Å². The average molecular weight is 260 g/mol. The fourth-order valence-electron chi connectivity index (χ4n) is 3.21. The number of nitrogens with one attached hydrogen (secondary N) is 1. The molecule has 0 aromatic heterocycles. The number of para-hydroxylation sites is 2. The minimum atomic E-state index is -0.353. The van der Waals surface area contributed by atoms with Crippen molar-refractivity contribution in [2.45, 2.75) is 25.4 Å². The molecule has 0 bridgehead atoms. The zero-order chi connectivity index (χ0) is 13.5. The summed E-state index contributed by atoms with van der Waals surface area (Å²) in [4.78, 5) is 14.3. The molecule has 2 aliphatic rings. The molecule has 3 rings (SSSR count). The number of anilines is 1. The van der Waals surface area contributed by atoms with Gasteiger partial charge in [-0.05, 0) is 32.0 Å². The zero-order valence-corrected chi connectivity index (χ0v) is 11.5. The Labute approximate surface area is 113 Å². The third-order valence-electron chi connectivity index (χ3n) is 4.46. The van der Waals surface area contributed by atoms with Crippen LogP contribution in [0.15, 0.2) is 24.3 Å². The molecule has 1 amide bonds. The molecule has 0 spiro atoms. The first-order chi connectivity index (χ1) is 9.18. The highest BCUT2D eigenvalue weighted by Gasteiger charge is 2.51. The Hall–Kier alpha value is -1.55. The van der Waals surface area contributed by atoms with Gasteiger partial charge in [0, 0.05) is 19.0 Å². The van der Waals surface area contributed by atoms with Crippen LogP contribution in [0.2, 0.25) is 0 Å². The number of likely N-dealkylation sites (N-methyl/N-ethyl adjacent to an activating group) is 1. The molecule has 1 aromatic rings. The number of benzene rings is 1. The molecule has 1 saturated carbocycles. The van der Waals surface area contributed by atoms with Crippen molar-refractivity contribution < 1.29 is 9.53 Å². The molecule has 1 atom stereocenters. The molecule has 0 radical (unpaired) electrons. The molecule has 102 valence electrons. The maximum absolute atomic E-state index is 12.6. The van der Waals surface area contributed by atoms with E-state index in [1.54, 1.807) is 4.90 Å². The van der Waals surface area contributed by atoms with Crippen LogP contribution in [0.4, 0.5) is 5.69 Å². The van der Waals surface area contributed by atoms with Crippen molar-refractivity contribution in [3.8, 4) is 5.75 Å². The molecule has 1 aliphatic heterocycles. The van der Waals surface area contributed by atoms with Crippen LogP contribution in [0.25, 0.3) is 0 Å². The quantitative estimate of drug-likeness (QED) is 0.901. The number of hydrogen-bond donors (Lipinski definition) is 1. The third-order valence-corrected chi connectivity index (χ3v) is 4.46. The maximum atomic E-state index is 12.6. The van der Waals surface area contributed by atoms with Gasteiger partial charge in [-0.2, -0.15) is 0 Å². The Morgan fingerprint density at radius 3 is 2.79 bits per heavy atom. The Morgan fingerprint density at radius 1 is 1.42 bits per heavy atom. The number of rotatable bonds is 3. The van der Waals surface area contributed by atoms with E-state index in [0.717, 1.165) is 30.8 Å². The van der Waals surface area contributed by atoms with Crippen molar-refractivity contribution in [1.82, 2.24) is 5.32 Å². The van der Waals surface area contributed by atoms with Crippen LogP contribution in [0, 0.1) is 5.41 Å². The second kappa shape index (κ2) is 4.53. The number of amides is 1. The largest absolute Gasteiger partial charge is 0.478 e. The van der Waals surface area contributed by atoms with E-state index in [9.17, 15) is 4.79 Å². The number of hydrogen-bond acceptors (Lipinski definition) is 3. The lowest BCUT2D eigenvalue weighted by molar-refractivity contribution is -0.136. The van der Waals surface area contributed by atoms with Gasteiger partial charge in [-0.25, -0.2) is 0 Å². The standard InChI is InChI=1S/C15H20N2O2/c1-16-10-15(8-5-9-15)13-14(18)17(2)11-6-3-4-7-12(11)19-13/h3-4,6-7,13,16H,5,8-10H2,1-2H3. The van der Waals surface area contributed by atoms with Gasteiger partial charge in [-0.3, -0.25) is 4.79 Å². The first kappa shape index (κ1) is 12.5. The zero-order valence-electron chi connectivity index (χ0n) is 11.5. The first-order valence-corrected chi connectivity index (χ1v) is 6.86. The Balaban J connectivity index is 1.95. The summed E-state index contributed by atoms with van der Waals surface area (Å²) in [5, 5.41) is 3.22. The summed E-state index contributed by atoms with van der Waals surface area (Å²) in [5.74, 6) is 0.894. The van der Waals surface area contributed by atoms with Gasteiger partial charge in [0.15, 0.2) is 6.10 Å². The Morgan fingerprint density at radius 2 is 2.16 bits per heavy atom. The van der Waals surface area contributed by atoms with E-state index in [0.29, 0.717) is 0 Å². The van der Waals surface area contributed by atoms with Crippen molar-refractivity contribution >= 4 is 11.6 Å². The lowest BCUT2D eigenvalue weighted by Crippen LogP contribution is -2.59. The molecule has 4 nitrogen and oxygen atoms in total. The topological polar surface area (TPSA) is 41.6 Å². The highest BCUT2D eigenvalue weighted by Crippen LogP contribution is 2.48. The van der Waals surface area contributed by atoms with E-state index in [2.05, 4.69) is 5.32 Å². The monoisotopic (exact) mass is 260 g/mol. The number of ether oxygens (including phenoxy) is 1. The fraction of sp³-hybridized carbons (Fsp3) is 0.533. The molecular weight excluding hydrogens is 240 g/mol. The molecule has 0 saturated heterocycles. The minimum Gasteiger partial charge on any atom is -0.478 e. The molecule has 1 aromatic carbocycles. The summed E-state index contributed by atoms with van der Waals surface area (Å²) in [6.45, 7) is 0.833. The maximum Gasteiger partial charge on any atom is 0.268 e. The fourth-order valence-corrected chi connectivity index (χ4v) is 3.21. The van der Waals surface area contributed by atoms with E-state index >= 15 is 0 Å². The van der Waals surface area contributed by atoms with Gasteiger partial charge < -0.3 is 15.0 Å². The van der Waals surface area contributed by atoms with Crippen molar-refractivity contribution in [2.24, 2.45) is 5.41 Å². The van der Waals surface area contributed by atoms with Crippen LogP contribution in [-0.4, -0.2) is 32.7 Å². The first-order valence-electron chi connectivity index (χ1n) is 6.86. The summed E-state index contributed by atoms with van der Waals surface area (Å²) >= 11 is 0. The summed E-state index contributed by atoms with van der Waals surface area (Å²) in [6, 6.07) is 7.75. The number of carbonyl (C=O) groups excluding carboxylic acids is 1. The minimum absolute atomic E-state index is 0.0341. The van der Waals surface area contributed by atoms with E-state index in [1.807, 2.05) is 38.4 Å². The van der Waals surface area contributed by atoms with E-state index in [-0.39, 0.29) is 17.4 Å². The summed E-state index contributed by atoms with van der Waals surface area (Å²) in [7, 11) is 3.77.